The topological polar surface area (TPSA) is 87.3 Å². The first-order valence-corrected chi connectivity index (χ1v) is 7.78. The number of thioether (sulfide) groups is 1. The molecule has 0 saturated carbocycles. The normalized spacial score (nSPS) is 21.4. The lowest BCUT2D eigenvalue weighted by atomic mass is 9.94. The van der Waals surface area contributed by atoms with Gasteiger partial charge in [-0.15, -0.1) is 11.8 Å². The van der Waals surface area contributed by atoms with E-state index in [1.807, 2.05) is 30.5 Å². The first-order chi connectivity index (χ1) is 10.0. The second kappa shape index (κ2) is 6.62. The monoisotopic (exact) mass is 307 g/mol. The minimum Gasteiger partial charge on any atom is -0.335 e. The SMILES string of the molecule is CSc1ccccc1NC(=O)CC1C(=O)NC(=O)NC1C. The van der Waals surface area contributed by atoms with Crippen LogP contribution in [0.3, 0.4) is 0 Å². The highest BCUT2D eigenvalue weighted by molar-refractivity contribution is 7.98. The predicted molar refractivity (Wildman–Crippen MR) is 81.1 cm³/mol. The van der Waals surface area contributed by atoms with E-state index in [-0.39, 0.29) is 18.4 Å². The zero-order chi connectivity index (χ0) is 15.4. The molecule has 112 valence electrons. The number of hydrogen-bond acceptors (Lipinski definition) is 4. The standard InChI is InChI=1S/C14H17N3O3S/c1-8-9(13(19)17-14(20)15-8)7-12(18)16-10-5-3-4-6-11(10)21-2/h3-6,8-9H,7H2,1-2H3,(H,16,18)(H2,15,17,19,20). The summed E-state index contributed by atoms with van der Waals surface area (Å²) in [6, 6.07) is 6.58. The van der Waals surface area contributed by atoms with Crippen LogP contribution in [0.4, 0.5) is 10.5 Å². The first-order valence-electron chi connectivity index (χ1n) is 6.55. The van der Waals surface area contributed by atoms with Gasteiger partial charge in [0.25, 0.3) is 0 Å². The van der Waals surface area contributed by atoms with Crippen LogP contribution >= 0.6 is 11.8 Å². The number of carbonyl (C=O) groups excluding carboxylic acids is 3. The van der Waals surface area contributed by atoms with Gasteiger partial charge in [0.05, 0.1) is 11.6 Å². The molecule has 1 heterocycles. The molecule has 0 aromatic heterocycles. The Morgan fingerprint density at radius 3 is 2.71 bits per heavy atom. The summed E-state index contributed by atoms with van der Waals surface area (Å²) in [4.78, 5) is 36.0. The molecular weight excluding hydrogens is 290 g/mol. The Bertz CT molecular complexity index is 576. The molecule has 2 rings (SSSR count). The largest absolute Gasteiger partial charge is 0.335 e. The van der Waals surface area contributed by atoms with Gasteiger partial charge in [-0.05, 0) is 25.3 Å². The minimum atomic E-state index is -0.566. The average molecular weight is 307 g/mol. The number of nitrogens with one attached hydrogen (secondary N) is 3. The zero-order valence-electron chi connectivity index (χ0n) is 11.8. The Hall–Kier alpha value is -2.02. The van der Waals surface area contributed by atoms with E-state index in [1.54, 1.807) is 6.92 Å². The summed E-state index contributed by atoms with van der Waals surface area (Å²) in [6.07, 6.45) is 1.95. The Morgan fingerprint density at radius 2 is 2.05 bits per heavy atom. The maximum atomic E-state index is 12.1. The molecule has 1 aromatic carbocycles. The molecule has 2 unspecified atom stereocenters. The lowest BCUT2D eigenvalue weighted by molar-refractivity contribution is -0.129. The minimum absolute atomic E-state index is 0.0238. The number of hydrogen-bond donors (Lipinski definition) is 3. The average Bonchev–Trinajstić information content (AvgIpc) is 2.43. The Balaban J connectivity index is 2.01. The number of benzene rings is 1. The van der Waals surface area contributed by atoms with Gasteiger partial charge in [0, 0.05) is 17.4 Å². The third-order valence-corrected chi connectivity index (χ3v) is 4.12. The summed E-state index contributed by atoms with van der Waals surface area (Å²) in [5.74, 6) is -1.23. The number of urea groups is 1. The molecule has 0 bridgehead atoms. The molecule has 1 saturated heterocycles. The number of carbonyl (C=O) groups is 3. The fraction of sp³-hybridized carbons (Fsp3) is 0.357. The van der Waals surface area contributed by atoms with E-state index >= 15 is 0 Å². The van der Waals surface area contributed by atoms with E-state index in [4.69, 9.17) is 0 Å². The molecule has 1 aromatic rings. The van der Waals surface area contributed by atoms with Crippen LogP contribution in [0.1, 0.15) is 13.3 Å². The van der Waals surface area contributed by atoms with E-state index in [9.17, 15) is 14.4 Å². The van der Waals surface area contributed by atoms with Crippen LogP contribution in [0.25, 0.3) is 0 Å². The van der Waals surface area contributed by atoms with Crippen molar-refractivity contribution in [1.29, 1.82) is 0 Å². The van der Waals surface area contributed by atoms with Gasteiger partial charge in [0.1, 0.15) is 0 Å². The van der Waals surface area contributed by atoms with Crippen LogP contribution in [0.2, 0.25) is 0 Å². The summed E-state index contributed by atoms with van der Waals surface area (Å²) in [6.45, 7) is 1.71. The third kappa shape index (κ3) is 3.75. The maximum absolute atomic E-state index is 12.1. The highest BCUT2D eigenvalue weighted by Crippen LogP contribution is 2.25. The summed E-state index contributed by atoms with van der Waals surface area (Å²) in [5.41, 5.74) is 0.725. The Morgan fingerprint density at radius 1 is 1.33 bits per heavy atom. The molecule has 0 aliphatic carbocycles. The van der Waals surface area contributed by atoms with Gasteiger partial charge in [-0.2, -0.15) is 0 Å². The third-order valence-electron chi connectivity index (χ3n) is 3.32. The molecule has 1 aliphatic rings. The second-order valence-corrected chi connectivity index (χ2v) is 5.66. The van der Waals surface area contributed by atoms with Gasteiger partial charge in [0.2, 0.25) is 11.8 Å². The highest BCUT2D eigenvalue weighted by atomic mass is 32.2. The van der Waals surface area contributed by atoms with Gasteiger partial charge in [-0.3, -0.25) is 14.9 Å². The van der Waals surface area contributed by atoms with Crippen LogP contribution in [0.5, 0.6) is 0 Å². The fourth-order valence-electron chi connectivity index (χ4n) is 2.19. The second-order valence-electron chi connectivity index (χ2n) is 4.81. The van der Waals surface area contributed by atoms with Crippen molar-refractivity contribution >= 4 is 35.3 Å². The molecule has 6 nitrogen and oxygen atoms in total. The maximum Gasteiger partial charge on any atom is 0.321 e. The summed E-state index contributed by atoms with van der Waals surface area (Å²) < 4.78 is 0. The van der Waals surface area contributed by atoms with Crippen molar-refractivity contribution in [2.45, 2.75) is 24.3 Å². The predicted octanol–water partition coefficient (Wildman–Crippen LogP) is 1.58. The molecule has 2 atom stereocenters. The smallest absolute Gasteiger partial charge is 0.321 e. The van der Waals surface area contributed by atoms with Gasteiger partial charge in [0.15, 0.2) is 0 Å². The Labute approximate surface area is 127 Å². The van der Waals surface area contributed by atoms with E-state index in [2.05, 4.69) is 16.0 Å². The molecule has 7 heteroatoms. The molecule has 4 amide bonds. The van der Waals surface area contributed by atoms with Crippen molar-refractivity contribution in [3.63, 3.8) is 0 Å². The lowest BCUT2D eigenvalue weighted by Crippen LogP contribution is -2.57. The quantitative estimate of drug-likeness (QED) is 0.737. The fourth-order valence-corrected chi connectivity index (χ4v) is 2.75. The Kier molecular flexibility index (Phi) is 4.85. The van der Waals surface area contributed by atoms with Crippen LogP contribution in [0, 0.1) is 5.92 Å². The summed E-state index contributed by atoms with van der Waals surface area (Å²) in [5, 5.41) is 7.58. The van der Waals surface area contributed by atoms with Gasteiger partial charge >= 0.3 is 6.03 Å². The number of rotatable bonds is 4. The van der Waals surface area contributed by atoms with Crippen LogP contribution < -0.4 is 16.0 Å². The van der Waals surface area contributed by atoms with Crippen LogP contribution in [-0.2, 0) is 9.59 Å². The van der Waals surface area contributed by atoms with E-state index in [0.717, 1.165) is 10.6 Å². The summed E-state index contributed by atoms with van der Waals surface area (Å²) in [7, 11) is 0. The molecule has 0 radical (unpaired) electrons. The zero-order valence-corrected chi connectivity index (χ0v) is 12.6. The van der Waals surface area contributed by atoms with E-state index in [0.29, 0.717) is 0 Å². The molecule has 3 N–H and O–H groups in total. The van der Waals surface area contributed by atoms with Crippen molar-refractivity contribution in [3.05, 3.63) is 24.3 Å². The first kappa shape index (κ1) is 15.4. The highest BCUT2D eigenvalue weighted by Gasteiger charge is 2.34. The van der Waals surface area contributed by atoms with E-state index < -0.39 is 17.9 Å². The van der Waals surface area contributed by atoms with Gasteiger partial charge in [-0.1, -0.05) is 12.1 Å². The molecule has 1 aliphatic heterocycles. The molecular formula is C14H17N3O3S. The van der Waals surface area contributed by atoms with Gasteiger partial charge < -0.3 is 10.6 Å². The van der Waals surface area contributed by atoms with E-state index in [1.165, 1.54) is 11.8 Å². The molecule has 21 heavy (non-hydrogen) atoms. The molecule has 0 spiro atoms. The van der Waals surface area contributed by atoms with Crippen molar-refractivity contribution in [1.82, 2.24) is 10.6 Å². The lowest BCUT2D eigenvalue weighted by Gasteiger charge is -2.28. The van der Waals surface area contributed by atoms with Crippen LogP contribution in [-0.4, -0.2) is 30.1 Å². The van der Waals surface area contributed by atoms with Crippen molar-refractivity contribution in [2.75, 3.05) is 11.6 Å². The number of imide groups is 1. The summed E-state index contributed by atoms with van der Waals surface area (Å²) >= 11 is 1.53. The van der Waals surface area contributed by atoms with Crippen molar-refractivity contribution in [3.8, 4) is 0 Å². The number of amides is 4. The van der Waals surface area contributed by atoms with Crippen LogP contribution in [0.15, 0.2) is 29.2 Å². The van der Waals surface area contributed by atoms with Gasteiger partial charge in [-0.25, -0.2) is 4.79 Å². The number of anilines is 1. The van der Waals surface area contributed by atoms with Crippen molar-refractivity contribution in [2.24, 2.45) is 5.92 Å². The molecule has 1 fully saturated rings. The number of para-hydroxylation sites is 1. The van der Waals surface area contributed by atoms with Crippen molar-refractivity contribution < 1.29 is 14.4 Å².